The molecule has 1 aliphatic rings. The Morgan fingerprint density at radius 1 is 1.33 bits per heavy atom. The van der Waals surface area contributed by atoms with E-state index in [1.54, 1.807) is 13.1 Å². The summed E-state index contributed by atoms with van der Waals surface area (Å²) in [6.07, 6.45) is 3.46. The zero-order chi connectivity index (χ0) is 13.1. The lowest BCUT2D eigenvalue weighted by molar-refractivity contribution is -0.129. The average Bonchev–Trinajstić information content (AvgIpc) is 2.39. The molecule has 0 aromatic carbocycles. The van der Waals surface area contributed by atoms with E-state index in [2.05, 4.69) is 4.98 Å². The van der Waals surface area contributed by atoms with E-state index >= 15 is 0 Å². The molecule has 1 N–H and O–H groups in total. The lowest BCUT2D eigenvalue weighted by Crippen LogP contribution is -2.36. The zero-order valence-corrected chi connectivity index (χ0v) is 10.3. The summed E-state index contributed by atoms with van der Waals surface area (Å²) in [5.74, 6) is -0.517. The van der Waals surface area contributed by atoms with Gasteiger partial charge in [-0.1, -0.05) is 6.07 Å². The van der Waals surface area contributed by atoms with Crippen LogP contribution < -0.4 is 0 Å². The molecule has 1 aliphatic heterocycles. The fourth-order valence-electron chi connectivity index (χ4n) is 2.30. The summed E-state index contributed by atoms with van der Waals surface area (Å²) in [6.45, 7) is 3.12. The summed E-state index contributed by atoms with van der Waals surface area (Å²) in [5, 5.41) is 8.78. The molecule has 96 valence electrons. The lowest BCUT2D eigenvalue weighted by Gasteiger charge is -2.31. The third-order valence-electron chi connectivity index (χ3n) is 3.42. The number of hydrogen-bond acceptors (Lipinski definition) is 3. The van der Waals surface area contributed by atoms with Crippen molar-refractivity contribution in [3.05, 3.63) is 29.6 Å². The quantitative estimate of drug-likeness (QED) is 0.861. The normalized spacial score (nSPS) is 16.6. The minimum atomic E-state index is -1.01. The maximum atomic E-state index is 11.2. The number of carbonyl (C=O) groups excluding carboxylic acids is 1. The van der Waals surface area contributed by atoms with E-state index in [1.807, 2.05) is 11.0 Å². The molecule has 1 aromatic heterocycles. The van der Waals surface area contributed by atoms with Crippen LogP contribution in [0.15, 0.2) is 18.3 Å². The third kappa shape index (κ3) is 2.67. The molecule has 1 saturated heterocycles. The molecule has 18 heavy (non-hydrogen) atoms. The number of carboxylic acids is 1. The zero-order valence-electron chi connectivity index (χ0n) is 10.3. The maximum absolute atomic E-state index is 11.2. The van der Waals surface area contributed by atoms with Crippen LogP contribution in [0.1, 0.15) is 41.7 Å². The SMILES string of the molecule is CC(=O)N1CCC(c2ccc(C(=O)O)nc2)CC1. The van der Waals surface area contributed by atoms with Crippen molar-refractivity contribution in [2.24, 2.45) is 0 Å². The van der Waals surface area contributed by atoms with Crippen LogP contribution in [0.25, 0.3) is 0 Å². The molecule has 0 spiro atoms. The fraction of sp³-hybridized carbons (Fsp3) is 0.462. The fourth-order valence-corrected chi connectivity index (χ4v) is 2.30. The number of aromatic nitrogens is 1. The molecule has 1 amide bonds. The topological polar surface area (TPSA) is 70.5 Å². The molecule has 2 rings (SSSR count). The summed E-state index contributed by atoms with van der Waals surface area (Å²) in [5.41, 5.74) is 1.13. The first-order chi connectivity index (χ1) is 8.58. The number of likely N-dealkylation sites (tertiary alicyclic amines) is 1. The van der Waals surface area contributed by atoms with Crippen molar-refractivity contribution >= 4 is 11.9 Å². The number of pyridine rings is 1. The van der Waals surface area contributed by atoms with Gasteiger partial charge < -0.3 is 10.0 Å². The summed E-state index contributed by atoms with van der Waals surface area (Å²) in [4.78, 5) is 27.7. The van der Waals surface area contributed by atoms with Crippen molar-refractivity contribution in [3.8, 4) is 0 Å². The molecule has 2 heterocycles. The van der Waals surface area contributed by atoms with Crippen LogP contribution in [0.4, 0.5) is 0 Å². The summed E-state index contributed by atoms with van der Waals surface area (Å²) in [6, 6.07) is 3.36. The molecule has 5 nitrogen and oxygen atoms in total. The van der Waals surface area contributed by atoms with E-state index < -0.39 is 5.97 Å². The van der Waals surface area contributed by atoms with Crippen molar-refractivity contribution in [2.75, 3.05) is 13.1 Å². The summed E-state index contributed by atoms with van der Waals surface area (Å²) in [7, 11) is 0. The van der Waals surface area contributed by atoms with Gasteiger partial charge in [0, 0.05) is 26.2 Å². The van der Waals surface area contributed by atoms with E-state index in [1.165, 1.54) is 6.07 Å². The van der Waals surface area contributed by atoms with Gasteiger partial charge in [0.1, 0.15) is 5.69 Å². The number of amides is 1. The average molecular weight is 248 g/mol. The van der Waals surface area contributed by atoms with Gasteiger partial charge in [0.15, 0.2) is 0 Å². The van der Waals surface area contributed by atoms with Gasteiger partial charge in [0.05, 0.1) is 0 Å². The minimum absolute atomic E-state index is 0.0694. The highest BCUT2D eigenvalue weighted by atomic mass is 16.4. The van der Waals surface area contributed by atoms with Gasteiger partial charge in [-0.3, -0.25) is 4.79 Å². The van der Waals surface area contributed by atoms with Crippen molar-refractivity contribution in [1.29, 1.82) is 0 Å². The van der Waals surface area contributed by atoms with Gasteiger partial charge in [-0.15, -0.1) is 0 Å². The van der Waals surface area contributed by atoms with Crippen molar-refractivity contribution in [2.45, 2.75) is 25.7 Å². The van der Waals surface area contributed by atoms with E-state index in [0.29, 0.717) is 5.92 Å². The maximum Gasteiger partial charge on any atom is 0.354 e. The second-order valence-electron chi connectivity index (χ2n) is 4.56. The van der Waals surface area contributed by atoms with Gasteiger partial charge in [-0.25, -0.2) is 9.78 Å². The van der Waals surface area contributed by atoms with Crippen LogP contribution in [0.3, 0.4) is 0 Å². The number of piperidine rings is 1. The largest absolute Gasteiger partial charge is 0.477 e. The first-order valence-corrected chi connectivity index (χ1v) is 6.02. The molecular formula is C13H16N2O3. The summed E-state index contributed by atoms with van der Waals surface area (Å²) >= 11 is 0. The second-order valence-corrected chi connectivity index (χ2v) is 4.56. The Morgan fingerprint density at radius 2 is 2.00 bits per heavy atom. The first-order valence-electron chi connectivity index (χ1n) is 6.02. The Kier molecular flexibility index (Phi) is 3.60. The second kappa shape index (κ2) is 5.16. The lowest BCUT2D eigenvalue weighted by atomic mass is 9.90. The predicted molar refractivity (Wildman–Crippen MR) is 65.4 cm³/mol. The Hall–Kier alpha value is -1.91. The smallest absolute Gasteiger partial charge is 0.354 e. The van der Waals surface area contributed by atoms with Crippen molar-refractivity contribution in [3.63, 3.8) is 0 Å². The van der Waals surface area contributed by atoms with E-state index in [4.69, 9.17) is 5.11 Å². The molecule has 0 unspecified atom stereocenters. The van der Waals surface area contributed by atoms with Crippen LogP contribution in [-0.4, -0.2) is 40.0 Å². The monoisotopic (exact) mass is 248 g/mol. The van der Waals surface area contributed by atoms with Crippen molar-refractivity contribution < 1.29 is 14.7 Å². The van der Waals surface area contributed by atoms with Crippen LogP contribution in [0.5, 0.6) is 0 Å². The van der Waals surface area contributed by atoms with Crippen LogP contribution in [0.2, 0.25) is 0 Å². The molecule has 0 radical (unpaired) electrons. The van der Waals surface area contributed by atoms with Crippen LogP contribution >= 0.6 is 0 Å². The standard InChI is InChI=1S/C13H16N2O3/c1-9(16)15-6-4-10(5-7-15)11-2-3-12(13(17)18)14-8-11/h2-3,8,10H,4-7H2,1H3,(H,17,18). The van der Waals surface area contributed by atoms with Gasteiger partial charge in [0.2, 0.25) is 5.91 Å². The molecule has 0 saturated carbocycles. The summed E-state index contributed by atoms with van der Waals surface area (Å²) < 4.78 is 0. The Bertz CT molecular complexity index is 448. The van der Waals surface area contributed by atoms with Gasteiger partial charge in [-0.2, -0.15) is 0 Å². The molecule has 0 aliphatic carbocycles. The molecule has 0 atom stereocenters. The van der Waals surface area contributed by atoms with Crippen molar-refractivity contribution in [1.82, 2.24) is 9.88 Å². The molecule has 0 bridgehead atoms. The van der Waals surface area contributed by atoms with E-state index in [-0.39, 0.29) is 11.6 Å². The van der Waals surface area contributed by atoms with Gasteiger partial charge >= 0.3 is 5.97 Å². The highest BCUT2D eigenvalue weighted by molar-refractivity contribution is 5.85. The highest BCUT2D eigenvalue weighted by Gasteiger charge is 2.22. The van der Waals surface area contributed by atoms with E-state index in [0.717, 1.165) is 31.5 Å². The van der Waals surface area contributed by atoms with Gasteiger partial charge in [0.25, 0.3) is 0 Å². The number of nitrogens with zero attached hydrogens (tertiary/aromatic N) is 2. The molecule has 5 heteroatoms. The van der Waals surface area contributed by atoms with Crippen LogP contribution in [0, 0.1) is 0 Å². The number of carboxylic acid groups (broad SMARTS) is 1. The first kappa shape index (κ1) is 12.5. The molecular weight excluding hydrogens is 232 g/mol. The van der Waals surface area contributed by atoms with Gasteiger partial charge in [-0.05, 0) is 30.4 Å². The van der Waals surface area contributed by atoms with E-state index in [9.17, 15) is 9.59 Å². The van der Waals surface area contributed by atoms with Crippen LogP contribution in [-0.2, 0) is 4.79 Å². The Labute approximate surface area is 105 Å². The Morgan fingerprint density at radius 3 is 2.44 bits per heavy atom. The number of rotatable bonds is 2. The molecule has 1 aromatic rings. The number of carbonyl (C=O) groups is 2. The predicted octanol–water partition coefficient (Wildman–Crippen LogP) is 1.51. The number of hydrogen-bond donors (Lipinski definition) is 1. The Balaban J connectivity index is 2.01. The minimum Gasteiger partial charge on any atom is -0.477 e. The molecule has 1 fully saturated rings. The third-order valence-corrected chi connectivity index (χ3v) is 3.42. The highest BCUT2D eigenvalue weighted by Crippen LogP contribution is 2.27. The number of aromatic carboxylic acids is 1.